The van der Waals surface area contributed by atoms with Gasteiger partial charge in [0, 0.05) is 35.7 Å². The molecule has 0 unspecified atom stereocenters. The number of β-lactam (4-membered cyclic amide) rings is 2. The maximum Gasteiger partial charge on any atom is 0.442 e. The molecule has 4 amide bonds. The molecule has 8 heterocycles. The largest absolute Gasteiger partial charge is 0.489 e. The van der Waals surface area contributed by atoms with E-state index in [1.165, 1.54) is 38.5 Å². The van der Waals surface area contributed by atoms with E-state index in [0.29, 0.717) is 46.6 Å². The number of carboxylic acids is 2. The third-order valence-electron chi connectivity index (χ3n) is 16.7. The van der Waals surface area contributed by atoms with Crippen molar-refractivity contribution in [3.63, 3.8) is 0 Å². The molecular formula is C60H78N18O16S3+2. The fraction of sp³-hybridized carbons (Fsp3) is 0.467. The van der Waals surface area contributed by atoms with Crippen molar-refractivity contribution in [2.75, 3.05) is 63.9 Å². The maximum absolute atomic E-state index is 14.0. The number of nitrogens with zero attached hydrogens (tertiary/aromatic N) is 10. The number of nitrogen functional groups attached to an aromatic ring is 2. The first-order chi connectivity index (χ1) is 46.3. The zero-order valence-corrected chi connectivity index (χ0v) is 55.9. The van der Waals surface area contributed by atoms with Crippen molar-refractivity contribution < 1.29 is 84.5 Å². The Bertz CT molecular complexity index is 3760. The lowest BCUT2D eigenvalue weighted by atomic mass is 9.84. The van der Waals surface area contributed by atoms with E-state index >= 15 is 0 Å². The van der Waals surface area contributed by atoms with Gasteiger partial charge in [-0.1, -0.05) is 34.6 Å². The highest BCUT2D eigenvalue weighted by Gasteiger charge is 2.61. The van der Waals surface area contributed by atoms with Crippen LogP contribution in [0.25, 0.3) is 22.3 Å². The number of amides is 4. The summed E-state index contributed by atoms with van der Waals surface area (Å²) in [4.78, 5) is 99.1. The number of nitrogens with two attached hydrogens (primary N) is 4. The Kier molecular flexibility index (Phi) is 22.2. The number of hydrogen-bond donors (Lipinski definition) is 10. The van der Waals surface area contributed by atoms with Crippen LogP contribution >= 0.6 is 22.7 Å². The number of benzene rings is 2. The standard InChI is InChI=1S/C60H76N18O16S3/c1-59(2)49(69-51(79)47(43-33-95-57(63)67-43)71-91-45(55(83)84)31-89-41-11-7-37(8-12-41)39-27-73(21-5-17-61)75(29-39)25-35-15-19-65-23-35)53(81)77(59)93-97(87,88)94-78-54(82)50(60(78,3)4)70-52(80)48(44-34-96-58(64)68-44)72-92-46(56(85)86)32-90-42-13-9-38(10-14-42)40-28-74(22-6-18-62)76(30-40)26-36-16-20-66-24-36/h7-14,27-30,33-36,45-46,49-50,65-66H,5-6,15-26,31-32,61-62H2,1-4H3,(H6-2,63,64,67,68,69,70,79,80,83,84,85,86)/p+2/b71-47-,72-48-/t35-,36-,45+,46+,49-,50-/m1/s1. The molecule has 10 rings (SSSR count). The molecule has 0 saturated carbocycles. The molecule has 97 heavy (non-hydrogen) atoms. The van der Waals surface area contributed by atoms with Crippen molar-refractivity contribution in [2.45, 2.75) is 115 Å². The number of hydroxylamine groups is 4. The predicted molar refractivity (Wildman–Crippen MR) is 348 cm³/mol. The van der Waals surface area contributed by atoms with Gasteiger partial charge >= 0.3 is 22.3 Å². The smallest absolute Gasteiger partial charge is 0.442 e. The van der Waals surface area contributed by atoms with Crippen molar-refractivity contribution in [1.82, 2.24) is 50.7 Å². The molecule has 4 saturated heterocycles. The molecule has 14 N–H and O–H groups in total. The van der Waals surface area contributed by atoms with E-state index in [9.17, 15) is 47.4 Å². The number of carbonyl (C=O) groups is 6. The topological polar surface area (TPSA) is 459 Å². The molecule has 37 heteroatoms. The summed E-state index contributed by atoms with van der Waals surface area (Å²) in [5, 5.41) is 43.0. The second-order valence-electron chi connectivity index (χ2n) is 24.5. The molecule has 0 radical (unpaired) electrons. The summed E-state index contributed by atoms with van der Waals surface area (Å²) in [7, 11) is -5.37. The molecule has 4 fully saturated rings. The predicted octanol–water partition coefficient (Wildman–Crippen LogP) is -0.282. The van der Waals surface area contributed by atoms with E-state index in [0.717, 1.165) is 123 Å². The highest BCUT2D eigenvalue weighted by Crippen LogP contribution is 2.37. The molecule has 6 aromatic rings. The molecule has 0 aliphatic carbocycles. The van der Waals surface area contributed by atoms with E-state index in [-0.39, 0.29) is 21.7 Å². The van der Waals surface area contributed by atoms with E-state index in [4.69, 9.17) is 50.7 Å². The molecule has 6 atom stereocenters. The number of aliphatic carboxylic acids is 2. The lowest BCUT2D eigenvalue weighted by Gasteiger charge is -2.52. The minimum absolute atomic E-state index is 0.00769. The third-order valence-corrected chi connectivity index (χ3v) is 18.7. The van der Waals surface area contributed by atoms with Crippen LogP contribution in [0.15, 0.2) is 94.4 Å². The Labute approximate surface area is 564 Å². The highest BCUT2D eigenvalue weighted by atomic mass is 32.3. The van der Waals surface area contributed by atoms with Crippen molar-refractivity contribution >= 4 is 90.3 Å². The van der Waals surface area contributed by atoms with Crippen LogP contribution in [-0.2, 0) is 83.6 Å². The van der Waals surface area contributed by atoms with Gasteiger partial charge in [-0.25, -0.2) is 19.6 Å². The molecule has 0 spiro atoms. The summed E-state index contributed by atoms with van der Waals surface area (Å²) in [6.07, 6.45) is 8.50. The number of oxime groups is 2. The number of carboxylic acid groups (broad SMARTS) is 2. The van der Waals surface area contributed by atoms with Crippen molar-refractivity contribution in [2.24, 2.45) is 33.6 Å². The van der Waals surface area contributed by atoms with Gasteiger partial charge in [-0.05, 0) is 115 Å². The minimum Gasteiger partial charge on any atom is -0.489 e. The number of carbonyl (C=O) groups excluding carboxylic acids is 4. The van der Waals surface area contributed by atoms with Crippen LogP contribution < -0.4 is 63.0 Å². The fourth-order valence-electron chi connectivity index (χ4n) is 11.2. The average Bonchev–Trinajstić information content (AvgIpc) is 1.16. The van der Waals surface area contributed by atoms with Crippen LogP contribution in [0.4, 0.5) is 10.3 Å². The van der Waals surface area contributed by atoms with Gasteiger partial charge in [-0.2, -0.15) is 27.9 Å². The monoisotopic (exact) mass is 1400 g/mol. The fourth-order valence-corrected chi connectivity index (χ4v) is 13.2. The van der Waals surface area contributed by atoms with Gasteiger partial charge in [0.15, 0.2) is 34.8 Å². The van der Waals surface area contributed by atoms with Crippen LogP contribution in [0.3, 0.4) is 0 Å². The number of thiazole rings is 2. The lowest BCUT2D eigenvalue weighted by Crippen LogP contribution is -2.78. The molecule has 0 bridgehead atoms. The van der Waals surface area contributed by atoms with Crippen LogP contribution in [0.2, 0.25) is 0 Å². The second kappa shape index (κ2) is 30.5. The normalized spacial score (nSPS) is 19.8. The van der Waals surface area contributed by atoms with Gasteiger partial charge in [0.1, 0.15) is 48.2 Å². The Morgan fingerprint density at radius 3 is 1.37 bits per heavy atom. The van der Waals surface area contributed by atoms with Crippen molar-refractivity contribution in [1.29, 1.82) is 0 Å². The van der Waals surface area contributed by atoms with Gasteiger partial charge in [-0.3, -0.25) is 19.2 Å². The zero-order valence-electron chi connectivity index (χ0n) is 53.5. The van der Waals surface area contributed by atoms with Gasteiger partial charge in [0.25, 0.3) is 35.8 Å². The highest BCUT2D eigenvalue weighted by molar-refractivity contribution is 7.81. The second-order valence-corrected chi connectivity index (χ2v) is 27.4. The van der Waals surface area contributed by atoms with Gasteiger partial charge in [-0.15, -0.1) is 40.6 Å². The average molecular weight is 1400 g/mol. The molecule has 4 aliphatic rings. The van der Waals surface area contributed by atoms with E-state index in [2.05, 4.69) is 85.1 Å². The number of rotatable bonds is 34. The number of ether oxygens (including phenoxy) is 2. The molecular weight excluding hydrogens is 1320 g/mol. The van der Waals surface area contributed by atoms with E-state index in [1.54, 1.807) is 24.3 Å². The van der Waals surface area contributed by atoms with Crippen molar-refractivity contribution in [3.8, 4) is 33.8 Å². The van der Waals surface area contributed by atoms with Gasteiger partial charge < -0.3 is 73.6 Å². The van der Waals surface area contributed by atoms with E-state index < -0.39 is 106 Å². The summed E-state index contributed by atoms with van der Waals surface area (Å²) in [6, 6.07) is 10.9. The molecule has 520 valence electrons. The summed E-state index contributed by atoms with van der Waals surface area (Å²) in [5.74, 6) is -5.89. The first-order valence-electron chi connectivity index (χ1n) is 31.1. The molecule has 2 aromatic carbocycles. The number of hydrogen-bond acceptors (Lipinski definition) is 26. The van der Waals surface area contributed by atoms with Crippen LogP contribution in [0.5, 0.6) is 11.5 Å². The van der Waals surface area contributed by atoms with Crippen LogP contribution in [0.1, 0.15) is 64.8 Å². The first-order valence-corrected chi connectivity index (χ1v) is 34.2. The number of nitrogens with one attached hydrogen (secondary N) is 4. The Morgan fingerprint density at radius 2 is 1.05 bits per heavy atom. The Hall–Kier alpha value is -9.21. The summed E-state index contributed by atoms with van der Waals surface area (Å²) in [6.45, 7) is 12.3. The Balaban J connectivity index is 0.728. The molecule has 4 aromatic heterocycles. The third kappa shape index (κ3) is 16.8. The van der Waals surface area contributed by atoms with Crippen molar-refractivity contribution in [3.05, 3.63) is 95.5 Å². The summed E-state index contributed by atoms with van der Waals surface area (Å²) >= 11 is 1.82. The first kappa shape index (κ1) is 70.6. The van der Waals surface area contributed by atoms with Crippen LogP contribution in [-0.4, -0.2) is 183 Å². The number of aromatic nitrogens is 6. The van der Waals surface area contributed by atoms with Gasteiger partial charge in [0.2, 0.25) is 12.4 Å². The zero-order chi connectivity index (χ0) is 69.3. The number of aryl methyl sites for hydroxylation is 2. The summed E-state index contributed by atoms with van der Waals surface area (Å²) in [5.41, 5.74) is 22.2. The minimum atomic E-state index is -5.37. The summed E-state index contributed by atoms with van der Waals surface area (Å²) < 4.78 is 57.5. The van der Waals surface area contributed by atoms with Crippen LogP contribution in [0, 0.1) is 11.8 Å². The van der Waals surface area contributed by atoms with E-state index in [1.807, 2.05) is 24.3 Å². The molecule has 34 nitrogen and oxygen atoms in total. The Morgan fingerprint density at radius 1 is 0.660 bits per heavy atom. The molecule has 4 aliphatic heterocycles. The lowest BCUT2D eigenvalue weighted by molar-refractivity contribution is -0.780. The SMILES string of the molecule is CC1(C)[C@H](NC(=O)/C(=N\O[C@@H](COc2ccc(-c3cn(CCCN)[n+](C[C@@H]4CCNC4)c3)cc2)C(=O)O)c2csc(N)n2)C(=O)N1OS(=O)(=O)ON1C(=O)[C@@H](NC(=O)/C(=N\O[C@@H](COc2ccc(-c3cn(CCCN)[n+](C[C@@H]4CCNC4)c3)cc2)C(=O)O)c2csc(N)n2)C1(C)C. The van der Waals surface area contributed by atoms with Gasteiger partial charge in [0.05, 0.1) is 47.7 Å². The quantitative estimate of drug-likeness (QED) is 0.0107. The maximum atomic E-state index is 14.0. The number of anilines is 2.